The second kappa shape index (κ2) is 13.1. The Bertz CT molecular complexity index is 989. The minimum atomic E-state index is -0.185. The van der Waals surface area contributed by atoms with Gasteiger partial charge in [0.2, 0.25) is 11.8 Å². The van der Waals surface area contributed by atoms with Crippen LogP contribution in [0.1, 0.15) is 25.0 Å². The number of nitrogens with zero attached hydrogens (tertiary/aromatic N) is 3. The van der Waals surface area contributed by atoms with Gasteiger partial charge >= 0.3 is 0 Å². The number of rotatable bonds is 11. The van der Waals surface area contributed by atoms with Crippen LogP contribution in [0.4, 0.5) is 5.69 Å². The zero-order chi connectivity index (χ0) is 25.2. The molecule has 0 atom stereocenters. The van der Waals surface area contributed by atoms with Gasteiger partial charge < -0.3 is 19.7 Å². The highest BCUT2D eigenvalue weighted by Crippen LogP contribution is 2.30. The number of hydrogen-bond acceptors (Lipinski definition) is 6. The van der Waals surface area contributed by atoms with Gasteiger partial charge in [0.15, 0.2) is 11.5 Å². The summed E-state index contributed by atoms with van der Waals surface area (Å²) in [7, 11) is 1.79. The first kappa shape index (κ1) is 26.5. The molecule has 0 unspecified atom stereocenters. The molecule has 0 spiro atoms. The number of benzene rings is 2. The monoisotopic (exact) mass is 482 g/mol. The standard InChI is InChI=1S/C27H38N4O4/c1-5-34-24-11-10-23(17-25(24)35-6-2)28-26(32)19-29(4)20-27(33)31-14-12-30(13-15-31)18-22-9-7-8-21(3)16-22/h7-11,16-17H,5-6,12-15,18-20H2,1-4H3,(H,28,32). The molecule has 2 aromatic carbocycles. The van der Waals surface area contributed by atoms with Gasteiger partial charge in [-0.05, 0) is 45.5 Å². The van der Waals surface area contributed by atoms with Crippen LogP contribution in [-0.4, -0.2) is 86.0 Å². The van der Waals surface area contributed by atoms with E-state index in [0.29, 0.717) is 43.5 Å². The molecule has 2 amide bonds. The van der Waals surface area contributed by atoms with E-state index in [-0.39, 0.29) is 24.9 Å². The minimum absolute atomic E-state index is 0.0511. The lowest BCUT2D eigenvalue weighted by Gasteiger charge is -2.35. The van der Waals surface area contributed by atoms with E-state index in [1.165, 1.54) is 11.1 Å². The highest BCUT2D eigenvalue weighted by Gasteiger charge is 2.22. The van der Waals surface area contributed by atoms with E-state index < -0.39 is 0 Å². The van der Waals surface area contributed by atoms with Gasteiger partial charge in [-0.2, -0.15) is 0 Å². The van der Waals surface area contributed by atoms with Crippen molar-refractivity contribution < 1.29 is 19.1 Å². The molecule has 190 valence electrons. The molecule has 0 radical (unpaired) electrons. The van der Waals surface area contributed by atoms with Gasteiger partial charge in [-0.25, -0.2) is 0 Å². The van der Waals surface area contributed by atoms with Gasteiger partial charge in [0.25, 0.3) is 0 Å². The van der Waals surface area contributed by atoms with Crippen LogP contribution in [0.2, 0.25) is 0 Å². The van der Waals surface area contributed by atoms with Crippen LogP contribution in [0, 0.1) is 6.92 Å². The van der Waals surface area contributed by atoms with Gasteiger partial charge in [0.1, 0.15) is 0 Å². The number of carbonyl (C=O) groups excluding carboxylic acids is 2. The van der Waals surface area contributed by atoms with Gasteiger partial charge in [-0.3, -0.25) is 19.4 Å². The Balaban J connectivity index is 1.43. The summed E-state index contributed by atoms with van der Waals surface area (Å²) in [6, 6.07) is 13.9. The van der Waals surface area contributed by atoms with Crippen molar-refractivity contribution in [2.24, 2.45) is 0 Å². The maximum Gasteiger partial charge on any atom is 0.238 e. The lowest BCUT2D eigenvalue weighted by atomic mass is 10.1. The first-order chi connectivity index (χ1) is 16.9. The number of carbonyl (C=O) groups is 2. The van der Waals surface area contributed by atoms with Crippen LogP contribution in [0.3, 0.4) is 0 Å². The summed E-state index contributed by atoms with van der Waals surface area (Å²) < 4.78 is 11.2. The summed E-state index contributed by atoms with van der Waals surface area (Å²) in [6.45, 7) is 11.3. The second-order valence-corrected chi connectivity index (χ2v) is 8.89. The van der Waals surface area contributed by atoms with E-state index in [0.717, 1.165) is 19.6 Å². The molecular formula is C27H38N4O4. The summed E-state index contributed by atoms with van der Waals surface area (Å²) in [4.78, 5) is 31.3. The van der Waals surface area contributed by atoms with Crippen LogP contribution in [-0.2, 0) is 16.1 Å². The minimum Gasteiger partial charge on any atom is -0.490 e. The molecule has 1 N–H and O–H groups in total. The van der Waals surface area contributed by atoms with Crippen LogP contribution >= 0.6 is 0 Å². The number of hydrogen-bond donors (Lipinski definition) is 1. The van der Waals surface area contributed by atoms with E-state index in [1.54, 1.807) is 30.1 Å². The summed E-state index contributed by atoms with van der Waals surface area (Å²) >= 11 is 0. The van der Waals surface area contributed by atoms with Crippen LogP contribution in [0.15, 0.2) is 42.5 Å². The molecule has 0 bridgehead atoms. The van der Waals surface area contributed by atoms with Crippen molar-refractivity contribution in [3.63, 3.8) is 0 Å². The van der Waals surface area contributed by atoms with Crippen molar-refractivity contribution in [3.05, 3.63) is 53.6 Å². The van der Waals surface area contributed by atoms with Crippen LogP contribution < -0.4 is 14.8 Å². The molecule has 8 heteroatoms. The number of ether oxygens (including phenoxy) is 2. The van der Waals surface area contributed by atoms with E-state index in [2.05, 4.69) is 41.4 Å². The number of amides is 2. The Morgan fingerprint density at radius 2 is 1.66 bits per heavy atom. The third-order valence-electron chi connectivity index (χ3n) is 5.86. The second-order valence-electron chi connectivity index (χ2n) is 8.89. The number of likely N-dealkylation sites (N-methyl/N-ethyl adjacent to an activating group) is 1. The van der Waals surface area contributed by atoms with Crippen LogP contribution in [0.5, 0.6) is 11.5 Å². The average molecular weight is 483 g/mol. The maximum absolute atomic E-state index is 12.8. The van der Waals surface area contributed by atoms with Crippen molar-refractivity contribution in [3.8, 4) is 11.5 Å². The molecular weight excluding hydrogens is 444 g/mol. The first-order valence-corrected chi connectivity index (χ1v) is 12.3. The topological polar surface area (TPSA) is 74.4 Å². The maximum atomic E-state index is 12.8. The Morgan fingerprint density at radius 1 is 0.943 bits per heavy atom. The third-order valence-corrected chi connectivity index (χ3v) is 5.86. The SMILES string of the molecule is CCOc1ccc(NC(=O)CN(C)CC(=O)N2CCN(Cc3cccc(C)c3)CC2)cc1OCC. The lowest BCUT2D eigenvalue weighted by molar-refractivity contribution is -0.134. The molecule has 3 rings (SSSR count). The van der Waals surface area contributed by atoms with Crippen molar-refractivity contribution in [2.45, 2.75) is 27.3 Å². The summed E-state index contributed by atoms with van der Waals surface area (Å²) in [6.07, 6.45) is 0. The smallest absolute Gasteiger partial charge is 0.238 e. The average Bonchev–Trinajstić information content (AvgIpc) is 2.81. The Labute approximate surface area is 208 Å². The van der Waals surface area contributed by atoms with Crippen molar-refractivity contribution >= 4 is 17.5 Å². The van der Waals surface area contributed by atoms with Crippen molar-refractivity contribution in [1.29, 1.82) is 0 Å². The summed E-state index contributed by atoms with van der Waals surface area (Å²) in [5.74, 6) is 1.11. The molecule has 0 saturated carbocycles. The number of anilines is 1. The zero-order valence-corrected chi connectivity index (χ0v) is 21.4. The zero-order valence-electron chi connectivity index (χ0n) is 21.4. The predicted octanol–water partition coefficient (Wildman–Crippen LogP) is 3.01. The van der Waals surface area contributed by atoms with Gasteiger partial charge in [-0.1, -0.05) is 29.8 Å². The molecule has 1 aliphatic rings. The Morgan fingerprint density at radius 3 is 2.34 bits per heavy atom. The fourth-order valence-corrected chi connectivity index (χ4v) is 4.19. The Hall–Kier alpha value is -3.10. The fourth-order valence-electron chi connectivity index (χ4n) is 4.19. The highest BCUT2D eigenvalue weighted by molar-refractivity contribution is 5.93. The normalized spacial score (nSPS) is 14.1. The molecule has 2 aromatic rings. The quantitative estimate of drug-likeness (QED) is 0.531. The largest absolute Gasteiger partial charge is 0.490 e. The highest BCUT2D eigenvalue weighted by atomic mass is 16.5. The molecule has 8 nitrogen and oxygen atoms in total. The molecule has 1 heterocycles. The Kier molecular flexibility index (Phi) is 9.93. The van der Waals surface area contributed by atoms with Gasteiger partial charge in [0, 0.05) is 44.5 Å². The number of aryl methyl sites for hydroxylation is 1. The molecule has 1 saturated heterocycles. The molecule has 35 heavy (non-hydrogen) atoms. The van der Waals surface area contributed by atoms with Crippen molar-refractivity contribution in [2.75, 3.05) is 64.8 Å². The summed E-state index contributed by atoms with van der Waals surface area (Å²) in [5, 5.41) is 2.88. The number of piperazine rings is 1. The van der Waals surface area contributed by atoms with Crippen LogP contribution in [0.25, 0.3) is 0 Å². The molecule has 1 fully saturated rings. The first-order valence-electron chi connectivity index (χ1n) is 12.3. The summed E-state index contributed by atoms with van der Waals surface area (Å²) in [5.41, 5.74) is 3.20. The van der Waals surface area contributed by atoms with Gasteiger partial charge in [-0.15, -0.1) is 0 Å². The van der Waals surface area contributed by atoms with E-state index in [1.807, 2.05) is 18.7 Å². The van der Waals surface area contributed by atoms with E-state index in [4.69, 9.17) is 9.47 Å². The third kappa shape index (κ3) is 8.26. The molecule has 1 aliphatic heterocycles. The van der Waals surface area contributed by atoms with E-state index in [9.17, 15) is 9.59 Å². The molecule has 0 aromatic heterocycles. The fraction of sp³-hybridized carbons (Fsp3) is 0.481. The number of nitrogens with one attached hydrogen (secondary N) is 1. The lowest BCUT2D eigenvalue weighted by Crippen LogP contribution is -2.51. The van der Waals surface area contributed by atoms with Crippen molar-refractivity contribution in [1.82, 2.24) is 14.7 Å². The van der Waals surface area contributed by atoms with E-state index >= 15 is 0 Å². The predicted molar refractivity (Wildman–Crippen MR) is 138 cm³/mol. The molecule has 0 aliphatic carbocycles. The van der Waals surface area contributed by atoms with Gasteiger partial charge in [0.05, 0.1) is 26.3 Å².